The summed E-state index contributed by atoms with van der Waals surface area (Å²) in [6.07, 6.45) is 5.30. The van der Waals surface area contributed by atoms with Gasteiger partial charge in [-0.25, -0.2) is 4.98 Å². The van der Waals surface area contributed by atoms with Crippen LogP contribution in [-0.4, -0.2) is 27.3 Å². The van der Waals surface area contributed by atoms with Crippen LogP contribution in [0.2, 0.25) is 0 Å². The molecule has 2 aromatic rings. The number of nitrogens with zero attached hydrogens (tertiary/aromatic N) is 3. The summed E-state index contributed by atoms with van der Waals surface area (Å²) in [5.41, 5.74) is 1.27. The number of thiophene rings is 1. The average molecular weight is 273 g/mol. The molecule has 19 heavy (non-hydrogen) atoms. The fourth-order valence-corrected chi connectivity index (χ4v) is 3.31. The Hall–Kier alpha value is -1.75. The van der Waals surface area contributed by atoms with Gasteiger partial charge in [-0.1, -0.05) is 6.07 Å². The largest absolute Gasteiger partial charge is 0.329 e. The van der Waals surface area contributed by atoms with Gasteiger partial charge in [-0.2, -0.15) is 0 Å². The Morgan fingerprint density at radius 2 is 2.32 bits per heavy atom. The lowest BCUT2D eigenvalue weighted by atomic mass is 10.2. The molecule has 2 aromatic heterocycles. The van der Waals surface area contributed by atoms with E-state index in [1.54, 1.807) is 23.7 Å². The second-order valence-corrected chi connectivity index (χ2v) is 5.69. The fourth-order valence-electron chi connectivity index (χ4n) is 2.44. The number of hydrogen-bond donors (Lipinski definition) is 0. The highest BCUT2D eigenvalue weighted by molar-refractivity contribution is 7.10. The first-order valence-corrected chi connectivity index (χ1v) is 7.26. The summed E-state index contributed by atoms with van der Waals surface area (Å²) in [7, 11) is 0. The van der Waals surface area contributed by atoms with Gasteiger partial charge < -0.3 is 4.90 Å². The summed E-state index contributed by atoms with van der Waals surface area (Å²) in [5, 5.41) is 2.06. The van der Waals surface area contributed by atoms with Crippen LogP contribution in [0.1, 0.15) is 39.9 Å². The van der Waals surface area contributed by atoms with Crippen molar-refractivity contribution in [3.63, 3.8) is 0 Å². The molecule has 1 fully saturated rings. The highest BCUT2D eigenvalue weighted by Gasteiger charge is 2.31. The molecule has 0 aliphatic carbocycles. The third-order valence-corrected chi connectivity index (χ3v) is 4.36. The first-order valence-electron chi connectivity index (χ1n) is 6.39. The van der Waals surface area contributed by atoms with Crippen molar-refractivity contribution in [2.45, 2.75) is 25.8 Å². The van der Waals surface area contributed by atoms with Crippen LogP contribution in [0.25, 0.3) is 0 Å². The van der Waals surface area contributed by atoms with Crippen molar-refractivity contribution in [2.75, 3.05) is 6.54 Å². The summed E-state index contributed by atoms with van der Waals surface area (Å²) in [4.78, 5) is 24.0. The van der Waals surface area contributed by atoms with Crippen LogP contribution in [0.4, 0.5) is 0 Å². The van der Waals surface area contributed by atoms with E-state index in [1.807, 2.05) is 17.9 Å². The molecule has 3 rings (SSSR count). The molecular weight excluding hydrogens is 258 g/mol. The molecule has 0 unspecified atom stereocenters. The van der Waals surface area contributed by atoms with Crippen LogP contribution in [0.15, 0.2) is 29.9 Å². The zero-order chi connectivity index (χ0) is 13.2. The number of amides is 1. The van der Waals surface area contributed by atoms with Crippen LogP contribution in [-0.2, 0) is 0 Å². The maximum atomic E-state index is 12.5. The topological polar surface area (TPSA) is 46.1 Å². The normalized spacial score (nSPS) is 18.8. The van der Waals surface area contributed by atoms with Crippen molar-refractivity contribution >= 4 is 17.2 Å². The molecule has 1 aliphatic rings. The minimum Gasteiger partial charge on any atom is -0.329 e. The maximum Gasteiger partial charge on any atom is 0.274 e. The summed E-state index contributed by atoms with van der Waals surface area (Å²) >= 11 is 1.71. The van der Waals surface area contributed by atoms with E-state index in [0.717, 1.165) is 25.1 Å². The number of aryl methyl sites for hydroxylation is 1. The average Bonchev–Trinajstić information content (AvgIpc) is 3.09. The van der Waals surface area contributed by atoms with E-state index in [1.165, 1.54) is 4.88 Å². The Morgan fingerprint density at radius 3 is 3.00 bits per heavy atom. The number of carbonyl (C=O) groups is 1. The van der Waals surface area contributed by atoms with E-state index >= 15 is 0 Å². The number of hydrogen-bond acceptors (Lipinski definition) is 4. The Bertz CT molecular complexity index is 565. The molecular formula is C14H15N3OS. The highest BCUT2D eigenvalue weighted by atomic mass is 32.1. The lowest BCUT2D eigenvalue weighted by molar-refractivity contribution is 0.0731. The quantitative estimate of drug-likeness (QED) is 0.845. The highest BCUT2D eigenvalue weighted by Crippen LogP contribution is 2.35. The SMILES string of the molecule is Cc1cnc(C(=O)N2CCC[C@H]2c2cccs2)cn1. The molecule has 0 radical (unpaired) electrons. The summed E-state index contributed by atoms with van der Waals surface area (Å²) in [5.74, 6) is -0.0107. The Labute approximate surface area is 116 Å². The minimum absolute atomic E-state index is 0.0107. The van der Waals surface area contributed by atoms with Gasteiger partial charge in [-0.05, 0) is 31.2 Å². The molecule has 1 amide bonds. The molecule has 1 aliphatic heterocycles. The van der Waals surface area contributed by atoms with E-state index in [9.17, 15) is 4.79 Å². The Morgan fingerprint density at radius 1 is 1.42 bits per heavy atom. The molecule has 5 heteroatoms. The summed E-state index contributed by atoms with van der Waals surface area (Å²) < 4.78 is 0. The van der Waals surface area contributed by atoms with Crippen molar-refractivity contribution in [1.82, 2.24) is 14.9 Å². The van der Waals surface area contributed by atoms with Gasteiger partial charge in [0.15, 0.2) is 0 Å². The lowest BCUT2D eigenvalue weighted by Crippen LogP contribution is -2.30. The third-order valence-electron chi connectivity index (χ3n) is 3.39. The van der Waals surface area contributed by atoms with Crippen molar-refractivity contribution in [2.24, 2.45) is 0 Å². The van der Waals surface area contributed by atoms with Crippen molar-refractivity contribution in [3.8, 4) is 0 Å². The second-order valence-electron chi connectivity index (χ2n) is 4.72. The molecule has 3 heterocycles. The fraction of sp³-hybridized carbons (Fsp3) is 0.357. The van der Waals surface area contributed by atoms with Gasteiger partial charge in [-0.15, -0.1) is 11.3 Å². The number of carbonyl (C=O) groups excluding carboxylic acids is 1. The van der Waals surface area contributed by atoms with Crippen LogP contribution < -0.4 is 0 Å². The predicted molar refractivity (Wildman–Crippen MR) is 74.1 cm³/mol. The van der Waals surface area contributed by atoms with Gasteiger partial charge in [-0.3, -0.25) is 9.78 Å². The van der Waals surface area contributed by atoms with Gasteiger partial charge >= 0.3 is 0 Å². The van der Waals surface area contributed by atoms with E-state index in [0.29, 0.717) is 5.69 Å². The van der Waals surface area contributed by atoms with Crippen LogP contribution >= 0.6 is 11.3 Å². The van der Waals surface area contributed by atoms with Gasteiger partial charge in [0.2, 0.25) is 0 Å². The first kappa shape index (κ1) is 12.3. The van der Waals surface area contributed by atoms with Crippen LogP contribution in [0.3, 0.4) is 0 Å². The number of aromatic nitrogens is 2. The van der Waals surface area contributed by atoms with E-state index in [-0.39, 0.29) is 11.9 Å². The Kier molecular flexibility index (Phi) is 3.29. The third kappa shape index (κ3) is 2.38. The minimum atomic E-state index is -0.0107. The molecule has 0 saturated carbocycles. The molecule has 1 atom stereocenters. The predicted octanol–water partition coefficient (Wildman–Crippen LogP) is 2.82. The van der Waals surface area contributed by atoms with Crippen LogP contribution in [0.5, 0.6) is 0 Å². The molecule has 0 spiro atoms. The monoisotopic (exact) mass is 273 g/mol. The van der Waals surface area contributed by atoms with E-state index in [4.69, 9.17) is 0 Å². The summed E-state index contributed by atoms with van der Waals surface area (Å²) in [6.45, 7) is 2.67. The molecule has 0 bridgehead atoms. The molecule has 0 aromatic carbocycles. The van der Waals surface area contributed by atoms with E-state index < -0.39 is 0 Å². The first-order chi connectivity index (χ1) is 9.25. The van der Waals surface area contributed by atoms with Crippen LogP contribution in [0, 0.1) is 6.92 Å². The number of rotatable bonds is 2. The molecule has 4 nitrogen and oxygen atoms in total. The molecule has 98 valence electrons. The smallest absolute Gasteiger partial charge is 0.274 e. The summed E-state index contributed by atoms with van der Waals surface area (Å²) in [6, 6.07) is 4.34. The second kappa shape index (κ2) is 5.09. The maximum absolute atomic E-state index is 12.5. The van der Waals surface area contributed by atoms with Crippen molar-refractivity contribution in [1.29, 1.82) is 0 Å². The standard InChI is InChI=1S/C14H15N3OS/c1-10-8-16-11(9-15-10)14(18)17-6-2-4-12(17)13-5-3-7-19-13/h3,5,7-9,12H,2,4,6H2,1H3/t12-/m0/s1. The molecule has 0 N–H and O–H groups in total. The van der Waals surface area contributed by atoms with Crippen molar-refractivity contribution in [3.05, 3.63) is 46.2 Å². The van der Waals surface area contributed by atoms with Gasteiger partial charge in [0.05, 0.1) is 17.9 Å². The zero-order valence-corrected chi connectivity index (χ0v) is 11.6. The van der Waals surface area contributed by atoms with Crippen molar-refractivity contribution < 1.29 is 4.79 Å². The Balaban J connectivity index is 1.84. The molecule has 1 saturated heterocycles. The van der Waals surface area contributed by atoms with Gasteiger partial charge in [0.25, 0.3) is 5.91 Å². The number of likely N-dealkylation sites (tertiary alicyclic amines) is 1. The van der Waals surface area contributed by atoms with Gasteiger partial charge in [0, 0.05) is 17.6 Å². The van der Waals surface area contributed by atoms with E-state index in [2.05, 4.69) is 21.4 Å². The lowest BCUT2D eigenvalue weighted by Gasteiger charge is -2.23. The van der Waals surface area contributed by atoms with Gasteiger partial charge in [0.1, 0.15) is 5.69 Å². The zero-order valence-electron chi connectivity index (χ0n) is 10.7.